The number of H-pyrrole nitrogens is 1. The Morgan fingerprint density at radius 1 is 1.20 bits per heavy atom. The minimum absolute atomic E-state index is 0.102. The molecule has 2 aromatic carbocycles. The molecule has 25 heavy (non-hydrogen) atoms. The molecule has 1 amide bonds. The number of aromatic nitrogens is 1. The lowest BCUT2D eigenvalue weighted by molar-refractivity contribution is 0.0946. The summed E-state index contributed by atoms with van der Waals surface area (Å²) in [6.45, 7) is 0.109. The van der Waals surface area contributed by atoms with Crippen molar-refractivity contribution in [1.82, 2.24) is 10.3 Å². The number of fused-ring (bicyclic) bond motifs is 1. The van der Waals surface area contributed by atoms with Gasteiger partial charge < -0.3 is 15.4 Å². The van der Waals surface area contributed by atoms with Crippen LogP contribution in [-0.4, -0.2) is 29.1 Å². The van der Waals surface area contributed by atoms with Crippen molar-refractivity contribution in [2.75, 3.05) is 13.2 Å². The maximum atomic E-state index is 12.5. The lowest BCUT2D eigenvalue weighted by atomic mass is 10.1. The summed E-state index contributed by atoms with van der Waals surface area (Å²) in [6, 6.07) is 13.2. The molecule has 0 aliphatic carbocycles. The number of hydrogen-bond donors (Lipinski definition) is 3. The number of halogens is 2. The summed E-state index contributed by atoms with van der Waals surface area (Å²) in [7, 11) is 0. The second-order valence-corrected chi connectivity index (χ2v) is 6.82. The monoisotopic (exact) mass is 418 g/mol. The molecule has 0 aliphatic heterocycles. The molecular weight excluding hydrogens is 404 g/mol. The fraction of sp³-hybridized carbons (Fsp3) is 0.105. The predicted molar refractivity (Wildman–Crippen MR) is 106 cm³/mol. The molecule has 3 N–H and O–H groups in total. The standard InChI is InChI=1S/C19H16BrClN2O2/c20-13-4-7-15-17(11-13)23-16(18(15)19(25)22-9-10-24)8-3-12-1-5-14(21)6-2-12/h1-8,11,23-24H,9-10H2,(H,22,25). The van der Waals surface area contributed by atoms with E-state index in [1.807, 2.05) is 54.6 Å². The van der Waals surface area contributed by atoms with Gasteiger partial charge in [0.25, 0.3) is 5.91 Å². The smallest absolute Gasteiger partial charge is 0.254 e. The van der Waals surface area contributed by atoms with E-state index >= 15 is 0 Å². The molecule has 0 saturated carbocycles. The maximum Gasteiger partial charge on any atom is 0.254 e. The van der Waals surface area contributed by atoms with Crippen molar-refractivity contribution in [2.45, 2.75) is 0 Å². The SMILES string of the molecule is O=C(NCCO)c1c(C=Cc2ccc(Cl)cc2)[nH]c2cc(Br)ccc12. The van der Waals surface area contributed by atoms with Crippen LogP contribution in [0.4, 0.5) is 0 Å². The highest BCUT2D eigenvalue weighted by Crippen LogP contribution is 2.27. The van der Waals surface area contributed by atoms with Crippen molar-refractivity contribution < 1.29 is 9.90 Å². The Labute approximate surface area is 158 Å². The van der Waals surface area contributed by atoms with E-state index in [4.69, 9.17) is 16.7 Å². The zero-order valence-electron chi connectivity index (χ0n) is 13.2. The van der Waals surface area contributed by atoms with Crippen LogP contribution >= 0.6 is 27.5 Å². The van der Waals surface area contributed by atoms with E-state index in [1.165, 1.54) is 0 Å². The number of carbonyl (C=O) groups is 1. The number of amides is 1. The number of carbonyl (C=O) groups excluding carboxylic acids is 1. The first-order valence-electron chi connectivity index (χ1n) is 7.72. The van der Waals surface area contributed by atoms with Gasteiger partial charge in [0, 0.05) is 26.9 Å². The van der Waals surface area contributed by atoms with Crippen molar-refractivity contribution in [1.29, 1.82) is 0 Å². The second kappa shape index (κ2) is 7.87. The zero-order valence-corrected chi connectivity index (χ0v) is 15.6. The average molecular weight is 420 g/mol. The Morgan fingerprint density at radius 2 is 1.96 bits per heavy atom. The molecule has 4 nitrogen and oxygen atoms in total. The minimum atomic E-state index is -0.224. The van der Waals surface area contributed by atoms with Crippen LogP contribution in [0, 0.1) is 0 Å². The van der Waals surface area contributed by atoms with Crippen LogP contribution in [0.5, 0.6) is 0 Å². The molecule has 0 bridgehead atoms. The van der Waals surface area contributed by atoms with E-state index in [1.54, 1.807) is 0 Å². The highest BCUT2D eigenvalue weighted by molar-refractivity contribution is 9.10. The Hall–Kier alpha value is -2.08. The van der Waals surface area contributed by atoms with Crippen molar-refractivity contribution in [2.24, 2.45) is 0 Å². The third kappa shape index (κ3) is 4.12. The van der Waals surface area contributed by atoms with Crippen LogP contribution in [0.3, 0.4) is 0 Å². The molecule has 1 aromatic heterocycles. The van der Waals surface area contributed by atoms with E-state index in [-0.39, 0.29) is 19.1 Å². The fourth-order valence-electron chi connectivity index (χ4n) is 2.57. The highest BCUT2D eigenvalue weighted by Gasteiger charge is 2.16. The fourth-order valence-corrected chi connectivity index (χ4v) is 3.06. The average Bonchev–Trinajstić information content (AvgIpc) is 2.96. The molecule has 0 spiro atoms. The molecule has 0 unspecified atom stereocenters. The van der Waals surface area contributed by atoms with Crippen LogP contribution in [0.1, 0.15) is 21.6 Å². The van der Waals surface area contributed by atoms with E-state index in [0.29, 0.717) is 16.3 Å². The van der Waals surface area contributed by atoms with Gasteiger partial charge in [0.15, 0.2) is 0 Å². The highest BCUT2D eigenvalue weighted by atomic mass is 79.9. The van der Waals surface area contributed by atoms with Crippen molar-refractivity contribution >= 4 is 56.5 Å². The van der Waals surface area contributed by atoms with Gasteiger partial charge in [-0.2, -0.15) is 0 Å². The van der Waals surface area contributed by atoms with Gasteiger partial charge in [-0.1, -0.05) is 51.8 Å². The first kappa shape index (κ1) is 17.7. The zero-order chi connectivity index (χ0) is 17.8. The summed E-state index contributed by atoms with van der Waals surface area (Å²) in [4.78, 5) is 15.8. The van der Waals surface area contributed by atoms with Crippen molar-refractivity contribution in [3.63, 3.8) is 0 Å². The molecule has 0 atom stereocenters. The Morgan fingerprint density at radius 3 is 2.68 bits per heavy atom. The topological polar surface area (TPSA) is 65.1 Å². The van der Waals surface area contributed by atoms with Crippen LogP contribution in [-0.2, 0) is 0 Å². The van der Waals surface area contributed by atoms with Gasteiger partial charge in [-0.3, -0.25) is 4.79 Å². The molecule has 128 valence electrons. The number of benzene rings is 2. The van der Waals surface area contributed by atoms with E-state index in [0.717, 1.165) is 20.9 Å². The lowest BCUT2D eigenvalue weighted by Crippen LogP contribution is -2.26. The van der Waals surface area contributed by atoms with Crippen LogP contribution in [0.15, 0.2) is 46.9 Å². The summed E-state index contributed by atoms with van der Waals surface area (Å²) >= 11 is 9.35. The summed E-state index contributed by atoms with van der Waals surface area (Å²) in [6.07, 6.45) is 3.78. The quantitative estimate of drug-likeness (QED) is 0.571. The number of aromatic amines is 1. The van der Waals surface area contributed by atoms with Gasteiger partial charge in [0.2, 0.25) is 0 Å². The van der Waals surface area contributed by atoms with Crippen LogP contribution < -0.4 is 5.32 Å². The van der Waals surface area contributed by atoms with Crippen LogP contribution in [0.25, 0.3) is 23.1 Å². The number of aliphatic hydroxyl groups is 1. The summed E-state index contributed by atoms with van der Waals surface area (Å²) in [5, 5.41) is 13.2. The second-order valence-electron chi connectivity index (χ2n) is 5.47. The van der Waals surface area contributed by atoms with Crippen molar-refractivity contribution in [3.05, 3.63) is 68.8 Å². The normalized spacial score (nSPS) is 11.3. The van der Waals surface area contributed by atoms with Gasteiger partial charge >= 0.3 is 0 Å². The van der Waals surface area contributed by atoms with Gasteiger partial charge in [-0.25, -0.2) is 0 Å². The van der Waals surface area contributed by atoms with Gasteiger partial charge in [-0.05, 0) is 35.9 Å². The number of nitrogens with one attached hydrogen (secondary N) is 2. The molecule has 0 fully saturated rings. The van der Waals surface area contributed by atoms with Gasteiger partial charge in [0.05, 0.1) is 17.9 Å². The molecule has 6 heteroatoms. The summed E-state index contributed by atoms with van der Waals surface area (Å²) < 4.78 is 0.928. The predicted octanol–water partition coefficient (Wildman–Crippen LogP) is 4.48. The number of hydrogen-bond acceptors (Lipinski definition) is 2. The minimum Gasteiger partial charge on any atom is -0.395 e. The Balaban J connectivity index is 2.03. The number of aliphatic hydroxyl groups excluding tert-OH is 1. The first-order valence-corrected chi connectivity index (χ1v) is 8.89. The van der Waals surface area contributed by atoms with Crippen molar-refractivity contribution in [3.8, 4) is 0 Å². The summed E-state index contributed by atoms with van der Waals surface area (Å²) in [5.41, 5.74) is 3.10. The van der Waals surface area contributed by atoms with E-state index < -0.39 is 0 Å². The molecule has 3 rings (SSSR count). The Kier molecular flexibility index (Phi) is 5.58. The summed E-state index contributed by atoms with van der Waals surface area (Å²) in [5.74, 6) is -0.224. The van der Waals surface area contributed by atoms with Gasteiger partial charge in [0.1, 0.15) is 0 Å². The van der Waals surface area contributed by atoms with Gasteiger partial charge in [-0.15, -0.1) is 0 Å². The molecular formula is C19H16BrClN2O2. The van der Waals surface area contributed by atoms with E-state index in [2.05, 4.69) is 26.2 Å². The number of rotatable bonds is 5. The molecule has 3 aromatic rings. The largest absolute Gasteiger partial charge is 0.395 e. The molecule has 0 saturated heterocycles. The molecule has 1 heterocycles. The van der Waals surface area contributed by atoms with Crippen LogP contribution in [0.2, 0.25) is 5.02 Å². The third-order valence-electron chi connectivity index (χ3n) is 3.73. The molecule has 0 aliphatic rings. The lowest BCUT2D eigenvalue weighted by Gasteiger charge is -2.04. The molecule has 0 radical (unpaired) electrons. The van der Waals surface area contributed by atoms with E-state index in [9.17, 15) is 4.79 Å². The Bertz CT molecular complexity index is 932. The first-order chi connectivity index (χ1) is 12.1. The maximum absolute atomic E-state index is 12.5. The third-order valence-corrected chi connectivity index (χ3v) is 4.47.